The number of carboxylic acid groups (broad SMARTS) is 1. The Balaban J connectivity index is 2.56. The van der Waals surface area contributed by atoms with Gasteiger partial charge in [-0.3, -0.25) is 4.98 Å². The second kappa shape index (κ2) is 4.02. The van der Waals surface area contributed by atoms with Crippen LogP contribution >= 0.6 is 0 Å². The van der Waals surface area contributed by atoms with Crippen LogP contribution in [0.15, 0.2) is 42.7 Å². The highest BCUT2D eigenvalue weighted by atomic mass is 16.4. The van der Waals surface area contributed by atoms with Crippen LogP contribution in [-0.4, -0.2) is 16.1 Å². The van der Waals surface area contributed by atoms with E-state index in [0.29, 0.717) is 11.3 Å². The van der Waals surface area contributed by atoms with E-state index in [9.17, 15) is 4.79 Å². The van der Waals surface area contributed by atoms with Gasteiger partial charge in [-0.25, -0.2) is 4.79 Å². The first-order valence-corrected chi connectivity index (χ1v) is 4.71. The maximum atomic E-state index is 10.8. The van der Waals surface area contributed by atoms with E-state index in [1.54, 1.807) is 36.7 Å². The molecule has 0 aliphatic rings. The Labute approximate surface area is 92.4 Å². The molecule has 0 bridgehead atoms. The maximum absolute atomic E-state index is 10.8. The van der Waals surface area contributed by atoms with Crippen molar-refractivity contribution < 1.29 is 9.90 Å². The predicted octanol–water partition coefficient (Wildman–Crippen LogP) is 2.03. The minimum Gasteiger partial charge on any atom is -0.478 e. The molecule has 0 saturated carbocycles. The Hall–Kier alpha value is -2.36. The van der Waals surface area contributed by atoms with Gasteiger partial charge in [0.15, 0.2) is 0 Å². The maximum Gasteiger partial charge on any atom is 0.335 e. The highest BCUT2D eigenvalue weighted by molar-refractivity contribution is 5.91. The van der Waals surface area contributed by atoms with Crippen LogP contribution in [-0.2, 0) is 0 Å². The standard InChI is InChI=1S/C12H10N2O2/c13-11-2-1-9(12(15)16)7-10(11)8-3-5-14-6-4-8/h1-7H,13H2,(H,15,16). The van der Waals surface area contributed by atoms with Gasteiger partial charge in [0.1, 0.15) is 0 Å². The molecule has 0 unspecified atom stereocenters. The third-order valence-electron chi connectivity index (χ3n) is 2.29. The second-order valence-corrected chi connectivity index (χ2v) is 3.34. The summed E-state index contributed by atoms with van der Waals surface area (Å²) in [6.07, 6.45) is 3.28. The second-order valence-electron chi connectivity index (χ2n) is 3.34. The Morgan fingerprint density at radius 2 is 1.88 bits per heavy atom. The molecule has 0 fully saturated rings. The van der Waals surface area contributed by atoms with Crippen molar-refractivity contribution in [3.05, 3.63) is 48.3 Å². The van der Waals surface area contributed by atoms with Crippen molar-refractivity contribution in [2.45, 2.75) is 0 Å². The van der Waals surface area contributed by atoms with Crippen molar-refractivity contribution in [1.82, 2.24) is 4.98 Å². The van der Waals surface area contributed by atoms with Gasteiger partial charge in [0, 0.05) is 23.6 Å². The fraction of sp³-hybridized carbons (Fsp3) is 0. The number of rotatable bonds is 2. The summed E-state index contributed by atoms with van der Waals surface area (Å²) in [5, 5.41) is 8.89. The molecule has 2 rings (SSSR count). The Bertz CT molecular complexity index is 524. The molecule has 1 aromatic carbocycles. The Morgan fingerprint density at radius 1 is 1.19 bits per heavy atom. The average Bonchev–Trinajstić information content (AvgIpc) is 2.30. The third-order valence-corrected chi connectivity index (χ3v) is 2.29. The highest BCUT2D eigenvalue weighted by Crippen LogP contribution is 2.26. The lowest BCUT2D eigenvalue weighted by Crippen LogP contribution is -1.98. The van der Waals surface area contributed by atoms with E-state index >= 15 is 0 Å². The monoisotopic (exact) mass is 214 g/mol. The number of aromatic carboxylic acids is 1. The largest absolute Gasteiger partial charge is 0.478 e. The van der Waals surface area contributed by atoms with Crippen molar-refractivity contribution in [3.8, 4) is 11.1 Å². The van der Waals surface area contributed by atoms with Crippen LogP contribution in [0.25, 0.3) is 11.1 Å². The first-order valence-electron chi connectivity index (χ1n) is 4.71. The number of nitrogen functional groups attached to an aromatic ring is 1. The van der Waals surface area contributed by atoms with Crippen LogP contribution in [0, 0.1) is 0 Å². The molecule has 16 heavy (non-hydrogen) atoms. The van der Waals surface area contributed by atoms with E-state index in [2.05, 4.69) is 4.98 Å². The van der Waals surface area contributed by atoms with Gasteiger partial charge < -0.3 is 10.8 Å². The molecule has 3 N–H and O–H groups in total. The molecular weight excluding hydrogens is 204 g/mol. The highest BCUT2D eigenvalue weighted by Gasteiger charge is 2.07. The van der Waals surface area contributed by atoms with Gasteiger partial charge in [0.2, 0.25) is 0 Å². The molecule has 1 heterocycles. The lowest BCUT2D eigenvalue weighted by Gasteiger charge is -2.06. The zero-order valence-electron chi connectivity index (χ0n) is 8.42. The van der Waals surface area contributed by atoms with E-state index in [1.807, 2.05) is 0 Å². The minimum absolute atomic E-state index is 0.223. The number of aromatic nitrogens is 1. The molecule has 4 nitrogen and oxygen atoms in total. The number of anilines is 1. The summed E-state index contributed by atoms with van der Waals surface area (Å²) in [6, 6.07) is 8.23. The van der Waals surface area contributed by atoms with Gasteiger partial charge in [0.25, 0.3) is 0 Å². The summed E-state index contributed by atoms with van der Waals surface area (Å²) in [4.78, 5) is 14.7. The number of carboxylic acids is 1. The van der Waals surface area contributed by atoms with Crippen LogP contribution in [0.2, 0.25) is 0 Å². The summed E-state index contributed by atoms with van der Waals surface area (Å²) in [5.41, 5.74) is 8.15. The summed E-state index contributed by atoms with van der Waals surface area (Å²) >= 11 is 0. The zero-order chi connectivity index (χ0) is 11.5. The van der Waals surface area contributed by atoms with Crippen molar-refractivity contribution in [2.75, 3.05) is 5.73 Å². The number of nitrogens with two attached hydrogens (primary N) is 1. The molecule has 0 atom stereocenters. The Kier molecular flexibility index (Phi) is 2.55. The van der Waals surface area contributed by atoms with E-state index < -0.39 is 5.97 Å². The number of benzene rings is 1. The number of pyridine rings is 1. The fourth-order valence-electron chi connectivity index (χ4n) is 1.47. The molecule has 0 amide bonds. The molecular formula is C12H10N2O2. The van der Waals surface area contributed by atoms with Gasteiger partial charge in [0.05, 0.1) is 5.56 Å². The summed E-state index contributed by atoms with van der Waals surface area (Å²) < 4.78 is 0. The van der Waals surface area contributed by atoms with Crippen LogP contribution < -0.4 is 5.73 Å². The van der Waals surface area contributed by atoms with Gasteiger partial charge in [-0.2, -0.15) is 0 Å². The van der Waals surface area contributed by atoms with Crippen molar-refractivity contribution >= 4 is 11.7 Å². The lowest BCUT2D eigenvalue weighted by molar-refractivity contribution is 0.0697. The van der Waals surface area contributed by atoms with Crippen molar-refractivity contribution in [3.63, 3.8) is 0 Å². The molecule has 0 aliphatic carbocycles. The van der Waals surface area contributed by atoms with Gasteiger partial charge >= 0.3 is 5.97 Å². The molecule has 1 aromatic heterocycles. The molecule has 80 valence electrons. The normalized spacial score (nSPS) is 10.0. The average molecular weight is 214 g/mol. The van der Waals surface area contributed by atoms with E-state index in [0.717, 1.165) is 5.56 Å². The number of hydrogen-bond donors (Lipinski definition) is 2. The SMILES string of the molecule is Nc1ccc(C(=O)O)cc1-c1ccncc1. The van der Waals surface area contributed by atoms with E-state index in [-0.39, 0.29) is 5.56 Å². The first-order chi connectivity index (χ1) is 7.68. The lowest BCUT2D eigenvalue weighted by atomic mass is 10.0. The first kappa shape index (κ1) is 10.2. The summed E-state index contributed by atoms with van der Waals surface area (Å²) in [7, 11) is 0. The molecule has 0 aliphatic heterocycles. The molecule has 0 spiro atoms. The smallest absolute Gasteiger partial charge is 0.335 e. The topological polar surface area (TPSA) is 76.2 Å². The number of carbonyl (C=O) groups is 1. The Morgan fingerprint density at radius 3 is 2.50 bits per heavy atom. The van der Waals surface area contributed by atoms with Crippen LogP contribution in [0.1, 0.15) is 10.4 Å². The van der Waals surface area contributed by atoms with Crippen molar-refractivity contribution in [1.29, 1.82) is 0 Å². The van der Waals surface area contributed by atoms with E-state index in [4.69, 9.17) is 10.8 Å². The fourth-order valence-corrected chi connectivity index (χ4v) is 1.47. The van der Waals surface area contributed by atoms with Gasteiger partial charge in [-0.05, 0) is 35.9 Å². The zero-order valence-corrected chi connectivity index (χ0v) is 8.42. The quantitative estimate of drug-likeness (QED) is 0.750. The van der Waals surface area contributed by atoms with Crippen molar-refractivity contribution in [2.24, 2.45) is 0 Å². The molecule has 4 heteroatoms. The molecule has 2 aromatic rings. The van der Waals surface area contributed by atoms with Gasteiger partial charge in [-0.1, -0.05) is 0 Å². The summed E-state index contributed by atoms with van der Waals surface area (Å²) in [6.45, 7) is 0. The van der Waals surface area contributed by atoms with Crippen LogP contribution in [0.4, 0.5) is 5.69 Å². The number of nitrogens with zero attached hydrogens (tertiary/aromatic N) is 1. The summed E-state index contributed by atoms with van der Waals surface area (Å²) in [5.74, 6) is -0.963. The van der Waals surface area contributed by atoms with Crippen LogP contribution in [0.5, 0.6) is 0 Å². The molecule has 0 saturated heterocycles. The van der Waals surface area contributed by atoms with Crippen LogP contribution in [0.3, 0.4) is 0 Å². The number of hydrogen-bond acceptors (Lipinski definition) is 3. The third kappa shape index (κ3) is 1.86. The van der Waals surface area contributed by atoms with E-state index in [1.165, 1.54) is 6.07 Å². The predicted molar refractivity (Wildman–Crippen MR) is 61.0 cm³/mol. The minimum atomic E-state index is -0.963. The van der Waals surface area contributed by atoms with Gasteiger partial charge in [-0.15, -0.1) is 0 Å². The molecule has 0 radical (unpaired) electrons.